The Balaban J connectivity index is 0.000000322. The first-order valence-corrected chi connectivity index (χ1v) is 47.2. The molecule has 2 aliphatic heterocycles. The summed E-state index contributed by atoms with van der Waals surface area (Å²) in [5.41, 5.74) is 17.1. The molecule has 0 saturated carbocycles. The third-order valence-electron chi connectivity index (χ3n) is 19.8. The number of carboxylic acid groups (broad SMARTS) is 2. The molecule has 0 radical (unpaired) electrons. The number of hydrogen-bond donors (Lipinski definition) is 5. The van der Waals surface area contributed by atoms with Gasteiger partial charge in [0.2, 0.25) is 5.91 Å². The van der Waals surface area contributed by atoms with Crippen LogP contribution in [0.5, 0.6) is 23.0 Å². The molecule has 0 bridgehead atoms. The average Bonchev–Trinajstić information content (AvgIpc) is 0.901. The van der Waals surface area contributed by atoms with Crippen LogP contribution >= 0.6 is 15.9 Å². The molecule has 1 atom stereocenters. The molecule has 2 heterocycles. The second-order valence-corrected chi connectivity index (χ2v) is 31.7. The van der Waals surface area contributed by atoms with Gasteiger partial charge in [-0.1, -0.05) is 249 Å². The number of nitrogens with zero attached hydrogens (tertiary/aromatic N) is 8. The van der Waals surface area contributed by atoms with E-state index < -0.39 is 11.9 Å². The quantitative estimate of drug-likeness (QED) is 0.0135. The fraction of sp³-hybridized carbons (Fsp3) is 0.485. The van der Waals surface area contributed by atoms with E-state index in [-0.39, 0.29) is 11.7 Å². The smallest absolute Gasteiger partial charge is 0.303 e. The van der Waals surface area contributed by atoms with E-state index >= 15 is 0 Å². The molecule has 1 fully saturated rings. The number of carbonyl (C=O) groups excluding carboxylic acids is 1. The Labute approximate surface area is 755 Å². The molecule has 8 aromatic rings. The third kappa shape index (κ3) is 65.0. The number of rotatable bonds is 54. The van der Waals surface area contributed by atoms with Gasteiger partial charge in [-0.05, 0) is 249 Å². The summed E-state index contributed by atoms with van der Waals surface area (Å²) in [6.07, 6.45) is 50.9. The number of unbranched alkanes of at least 4 members (excludes halogenated alkanes) is 29. The molecule has 1 amide bonds. The van der Waals surface area contributed by atoms with Crippen LogP contribution in [0.25, 0.3) is 0 Å². The summed E-state index contributed by atoms with van der Waals surface area (Å²) in [5.74, 6) is 1.31. The molecule has 8 aromatic carbocycles. The Morgan fingerprint density at radius 2 is 0.632 bits per heavy atom. The highest BCUT2D eigenvalue weighted by molar-refractivity contribution is 9.09. The van der Waals surface area contributed by atoms with Gasteiger partial charge in [-0.2, -0.15) is 40.9 Å². The highest BCUT2D eigenvalue weighted by Crippen LogP contribution is 2.27. The molecule has 1 saturated heterocycles. The highest BCUT2D eigenvalue weighted by atomic mass is 79.9. The van der Waals surface area contributed by atoms with E-state index in [9.17, 15) is 14.4 Å². The van der Waals surface area contributed by atoms with Gasteiger partial charge < -0.3 is 50.5 Å². The minimum absolute atomic E-state index is 0.189. The number of aliphatic carboxylic acids is 2. The Morgan fingerprint density at radius 3 is 0.864 bits per heavy atom. The first-order chi connectivity index (χ1) is 61.4. The summed E-state index contributed by atoms with van der Waals surface area (Å²) in [7, 11) is 0. The maximum atomic E-state index is 10.6. The summed E-state index contributed by atoms with van der Waals surface area (Å²) in [4.78, 5) is 31.3. The maximum Gasteiger partial charge on any atom is 0.303 e. The Kier molecular flexibility index (Phi) is 66.2. The van der Waals surface area contributed by atoms with Crippen LogP contribution in [0.2, 0.25) is 0 Å². The van der Waals surface area contributed by atoms with Crippen molar-refractivity contribution in [3.63, 3.8) is 0 Å². The molecule has 2 aliphatic rings. The van der Waals surface area contributed by atoms with Crippen LogP contribution in [0.4, 0.5) is 45.5 Å². The predicted molar refractivity (Wildman–Crippen MR) is 514 cm³/mol. The van der Waals surface area contributed by atoms with E-state index in [1.54, 1.807) is 30.5 Å². The lowest BCUT2D eigenvalue weighted by atomic mass is 10.1. The van der Waals surface area contributed by atoms with E-state index in [0.717, 1.165) is 172 Å². The van der Waals surface area contributed by atoms with E-state index in [1.165, 1.54) is 180 Å². The Morgan fingerprint density at radius 1 is 0.352 bits per heavy atom. The standard InChI is InChI=1S/C23H31N3O2.C23H33N3O.C23H30N2O3.C12H10N2O.C11H21BrO2.C6H12O.C5H8O/c24-23(27)14-10-5-3-1-2-4-6-11-19-28-22-17-15-21(16-18-22)26-25-20-12-8-7-9-13-20;24-19-11-6-4-2-1-3-5-7-12-20-27-23-17-15-22(16-18-23)26-25-21-13-9-8-10-14-21;26-23(27)14-10-5-3-1-2-4-6-11-19-28-22-17-15-21(16-18-22)25-24-20-12-8-7-9-13-20;15-12-8-6-11(7-9-12)14-13-10-4-2-1-3-5-10;12-10-8-6-4-2-1-3-5-7-9-11(13)14;1-6-4-2-3-5-7-6;1-2-4-6-5-3-1/h7-9,12-13,15-18H,1-6,10-11,14,19H2,(H2,24,27);8-10,13-18H,1-7,11-12,19-20,24H2;7-9,12-13,15-18H,1-6,10-11,14,19H2,(H,26,27);1-9,15H;1-10H2,(H,13,14);6H,2-5H2,1H3;2,4H,1,3,5H2. The van der Waals surface area contributed by atoms with Crippen molar-refractivity contribution in [2.24, 2.45) is 52.4 Å². The van der Waals surface area contributed by atoms with Crippen molar-refractivity contribution in [3.05, 3.63) is 231 Å². The van der Waals surface area contributed by atoms with E-state index in [1.807, 2.05) is 200 Å². The molecule has 680 valence electrons. The monoisotopic (exact) mass is 1780 g/mol. The molecule has 7 N–H and O–H groups in total. The number of hydrogen-bond acceptors (Lipinski definition) is 18. The first-order valence-electron chi connectivity index (χ1n) is 46.1. The molecule has 0 spiro atoms. The van der Waals surface area contributed by atoms with Crippen molar-refractivity contribution in [2.75, 3.05) is 44.9 Å². The molecule has 0 aromatic heterocycles. The van der Waals surface area contributed by atoms with Gasteiger partial charge in [-0.3, -0.25) is 14.4 Å². The maximum absolute atomic E-state index is 10.6. The van der Waals surface area contributed by atoms with Crippen LogP contribution in [-0.4, -0.2) is 84.2 Å². The number of halogens is 1. The number of azo groups is 4. The number of carbonyl (C=O) groups is 3. The molecule has 21 nitrogen and oxygen atoms in total. The van der Waals surface area contributed by atoms with Crippen molar-refractivity contribution in [1.82, 2.24) is 0 Å². The van der Waals surface area contributed by atoms with Gasteiger partial charge in [0.25, 0.3) is 0 Å². The van der Waals surface area contributed by atoms with Crippen LogP contribution in [0.3, 0.4) is 0 Å². The molecule has 125 heavy (non-hydrogen) atoms. The largest absolute Gasteiger partial charge is 0.508 e. The average molecular weight is 1780 g/mol. The number of aromatic hydroxyl groups is 1. The summed E-state index contributed by atoms with van der Waals surface area (Å²) in [6.45, 7) is 7.12. The number of benzene rings is 8. The highest BCUT2D eigenvalue weighted by Gasteiger charge is 2.08. The van der Waals surface area contributed by atoms with Crippen molar-refractivity contribution >= 4 is 79.3 Å². The number of amides is 1. The van der Waals surface area contributed by atoms with E-state index in [2.05, 4.69) is 63.8 Å². The summed E-state index contributed by atoms with van der Waals surface area (Å²) >= 11 is 3.41. The van der Waals surface area contributed by atoms with Crippen LogP contribution in [-0.2, 0) is 23.9 Å². The summed E-state index contributed by atoms with van der Waals surface area (Å²) in [5, 5.41) is 60.6. The van der Waals surface area contributed by atoms with Crippen molar-refractivity contribution < 1.29 is 53.4 Å². The second kappa shape index (κ2) is 77.3. The number of ether oxygens (including phenoxy) is 5. The van der Waals surface area contributed by atoms with Crippen LogP contribution in [0.15, 0.2) is 272 Å². The van der Waals surface area contributed by atoms with E-state index in [4.69, 9.17) is 50.5 Å². The van der Waals surface area contributed by atoms with Gasteiger partial charge in [-0.15, -0.1) is 0 Å². The Hall–Kier alpha value is -10.3. The summed E-state index contributed by atoms with van der Waals surface area (Å²) < 4.78 is 27.5. The van der Waals surface area contributed by atoms with Crippen molar-refractivity contribution in [1.29, 1.82) is 0 Å². The fourth-order valence-electron chi connectivity index (χ4n) is 12.6. The van der Waals surface area contributed by atoms with Crippen LogP contribution in [0, 0.1) is 0 Å². The normalized spacial score (nSPS) is 12.6. The molecule has 10 rings (SSSR count). The zero-order valence-corrected chi connectivity index (χ0v) is 76.3. The second-order valence-electron chi connectivity index (χ2n) is 30.9. The van der Waals surface area contributed by atoms with Gasteiger partial charge >= 0.3 is 11.9 Å². The number of primary amides is 1. The number of alkyl halides is 1. The van der Waals surface area contributed by atoms with Crippen LogP contribution < -0.4 is 25.7 Å². The lowest BCUT2D eigenvalue weighted by molar-refractivity contribution is -0.138. The number of phenols is 1. The number of carboxylic acids is 2. The third-order valence-corrected chi connectivity index (χ3v) is 20.3. The minimum Gasteiger partial charge on any atom is -0.508 e. The molecular formula is C103H145BrN10O11. The molecular weight excluding hydrogens is 1630 g/mol. The molecule has 1 unspecified atom stereocenters. The van der Waals surface area contributed by atoms with Gasteiger partial charge in [0.05, 0.1) is 84.3 Å². The molecule has 22 heteroatoms. The fourth-order valence-corrected chi connectivity index (χ4v) is 13.0. The van der Waals surface area contributed by atoms with Crippen LogP contribution in [0.1, 0.15) is 270 Å². The zero-order chi connectivity index (χ0) is 89.2. The van der Waals surface area contributed by atoms with Gasteiger partial charge in [0.15, 0.2) is 0 Å². The summed E-state index contributed by atoms with van der Waals surface area (Å²) in [6, 6.07) is 68.4. The van der Waals surface area contributed by atoms with Crippen molar-refractivity contribution in [2.45, 2.75) is 276 Å². The Bertz CT molecular complexity index is 3880. The van der Waals surface area contributed by atoms with Crippen molar-refractivity contribution in [3.8, 4) is 23.0 Å². The molecule has 0 aliphatic carbocycles. The number of allylic oxidation sites excluding steroid dienone is 1. The minimum atomic E-state index is -0.689. The zero-order valence-electron chi connectivity index (χ0n) is 74.7. The van der Waals surface area contributed by atoms with Gasteiger partial charge in [-0.25, -0.2) is 0 Å². The number of nitrogens with two attached hydrogens (primary N) is 2. The first kappa shape index (κ1) is 107. The predicted octanol–water partition coefficient (Wildman–Crippen LogP) is 31.2. The van der Waals surface area contributed by atoms with Gasteiger partial charge in [0, 0.05) is 31.2 Å². The number of phenolic OH excluding ortho intramolecular Hbond substituents is 1. The lowest BCUT2D eigenvalue weighted by Gasteiger charge is -2.17. The van der Waals surface area contributed by atoms with E-state index in [0.29, 0.717) is 25.4 Å². The van der Waals surface area contributed by atoms with Gasteiger partial charge in [0.1, 0.15) is 23.0 Å². The lowest BCUT2D eigenvalue weighted by Crippen LogP contribution is -2.14. The SMILES string of the molecule is C1=COCCC1.CC1CCCCO1.NC(=O)CCCCCCCCCCOc1ccc(N=Nc2ccccc2)cc1.NCCCCCCCCCCCOc1ccc(N=Nc2ccccc2)cc1.O=C(O)CCCCCCCCCCBr.O=C(O)CCCCCCCCCCOc1ccc(N=Nc2ccccc2)cc1.Oc1ccc(N=Nc2ccccc2)cc1. The topological polar surface area (TPSA) is 309 Å².